The van der Waals surface area contributed by atoms with Gasteiger partial charge in [-0.1, -0.05) is 19.3 Å². The number of carbonyl (C=O) groups is 2. The van der Waals surface area contributed by atoms with Crippen LogP contribution in [-0.2, 0) is 4.79 Å². The van der Waals surface area contributed by atoms with E-state index in [2.05, 4.69) is 10.2 Å². The van der Waals surface area contributed by atoms with Crippen LogP contribution in [0.4, 0.5) is 5.69 Å². The molecule has 2 saturated heterocycles. The number of piperidine rings is 2. The molecule has 0 aromatic heterocycles. The maximum atomic E-state index is 12.7. The summed E-state index contributed by atoms with van der Waals surface area (Å²) < 4.78 is 0. The number of hydrogen-bond acceptors (Lipinski definition) is 5. The van der Waals surface area contributed by atoms with Crippen LogP contribution < -0.4 is 5.32 Å². The number of benzene rings is 1. The third-order valence-corrected chi connectivity index (χ3v) is 7.45. The van der Waals surface area contributed by atoms with Gasteiger partial charge in [-0.25, -0.2) is 0 Å². The van der Waals surface area contributed by atoms with Crippen molar-refractivity contribution >= 4 is 17.5 Å². The Morgan fingerprint density at radius 1 is 0.875 bits per heavy atom. The van der Waals surface area contributed by atoms with E-state index < -0.39 is 4.92 Å². The maximum absolute atomic E-state index is 12.7. The molecule has 2 amide bonds. The zero-order valence-corrected chi connectivity index (χ0v) is 18.7. The molecule has 3 fully saturated rings. The summed E-state index contributed by atoms with van der Waals surface area (Å²) in [6, 6.07) is 6.68. The molecule has 4 rings (SSSR count). The molecule has 0 unspecified atom stereocenters. The Kier molecular flexibility index (Phi) is 7.40. The van der Waals surface area contributed by atoms with Gasteiger partial charge in [0.05, 0.1) is 4.92 Å². The molecule has 32 heavy (non-hydrogen) atoms. The normalized spacial score (nSPS) is 21.9. The number of amides is 2. The van der Waals surface area contributed by atoms with Gasteiger partial charge in [0.25, 0.3) is 11.6 Å². The number of non-ortho nitro benzene ring substituents is 1. The van der Waals surface area contributed by atoms with Gasteiger partial charge in [-0.3, -0.25) is 19.7 Å². The van der Waals surface area contributed by atoms with E-state index in [0.29, 0.717) is 30.7 Å². The number of nitrogens with zero attached hydrogens (tertiary/aromatic N) is 3. The van der Waals surface area contributed by atoms with Gasteiger partial charge in [0.1, 0.15) is 0 Å². The first kappa shape index (κ1) is 22.7. The SMILES string of the molecule is O=C(NC1CCCCC1)C1CCN(C2CCN(C(=O)c3ccc([N+](=O)[O-])cc3)CC2)CC1. The van der Waals surface area contributed by atoms with Crippen molar-refractivity contribution in [2.45, 2.75) is 69.9 Å². The minimum absolute atomic E-state index is 0.00363. The number of nitro benzene ring substituents is 1. The molecule has 174 valence electrons. The van der Waals surface area contributed by atoms with Gasteiger partial charge in [0, 0.05) is 48.8 Å². The minimum Gasteiger partial charge on any atom is -0.353 e. The lowest BCUT2D eigenvalue weighted by Gasteiger charge is -2.41. The number of rotatable bonds is 5. The molecule has 2 aliphatic heterocycles. The van der Waals surface area contributed by atoms with Crippen LogP contribution in [0.15, 0.2) is 24.3 Å². The molecule has 8 nitrogen and oxygen atoms in total. The zero-order chi connectivity index (χ0) is 22.5. The van der Waals surface area contributed by atoms with Crippen molar-refractivity contribution in [3.63, 3.8) is 0 Å². The molecule has 0 radical (unpaired) electrons. The summed E-state index contributed by atoms with van der Waals surface area (Å²) in [6.45, 7) is 3.29. The lowest BCUT2D eigenvalue weighted by atomic mass is 9.91. The summed E-state index contributed by atoms with van der Waals surface area (Å²) in [4.78, 5) is 40.1. The van der Waals surface area contributed by atoms with E-state index in [4.69, 9.17) is 0 Å². The second-order valence-electron chi connectivity index (χ2n) is 9.48. The first-order valence-corrected chi connectivity index (χ1v) is 12.1. The largest absolute Gasteiger partial charge is 0.353 e. The summed E-state index contributed by atoms with van der Waals surface area (Å²) >= 11 is 0. The maximum Gasteiger partial charge on any atom is 0.269 e. The van der Waals surface area contributed by atoms with Crippen LogP contribution in [0.25, 0.3) is 0 Å². The number of nitrogens with one attached hydrogen (secondary N) is 1. The topological polar surface area (TPSA) is 95.8 Å². The molecule has 0 bridgehead atoms. The molecule has 0 spiro atoms. The predicted molar refractivity (Wildman–Crippen MR) is 121 cm³/mol. The third kappa shape index (κ3) is 5.46. The van der Waals surface area contributed by atoms with Crippen LogP contribution >= 0.6 is 0 Å². The number of likely N-dealkylation sites (tertiary alicyclic amines) is 2. The van der Waals surface area contributed by atoms with E-state index in [1.165, 1.54) is 43.5 Å². The van der Waals surface area contributed by atoms with Gasteiger partial charge in [-0.2, -0.15) is 0 Å². The van der Waals surface area contributed by atoms with Crippen molar-refractivity contribution in [2.75, 3.05) is 26.2 Å². The molecule has 1 aromatic carbocycles. The molecule has 0 atom stereocenters. The fraction of sp³-hybridized carbons (Fsp3) is 0.667. The summed E-state index contributed by atoms with van der Waals surface area (Å²) in [5.41, 5.74) is 0.495. The van der Waals surface area contributed by atoms with E-state index in [9.17, 15) is 19.7 Å². The van der Waals surface area contributed by atoms with Crippen molar-refractivity contribution in [3.8, 4) is 0 Å². The van der Waals surface area contributed by atoms with Crippen molar-refractivity contribution < 1.29 is 14.5 Å². The van der Waals surface area contributed by atoms with Gasteiger partial charge >= 0.3 is 0 Å². The monoisotopic (exact) mass is 442 g/mol. The molecular formula is C24H34N4O4. The Morgan fingerprint density at radius 3 is 2.09 bits per heavy atom. The van der Waals surface area contributed by atoms with Crippen LogP contribution in [0.5, 0.6) is 0 Å². The van der Waals surface area contributed by atoms with E-state index in [-0.39, 0.29) is 23.4 Å². The van der Waals surface area contributed by atoms with Gasteiger partial charge in [0.2, 0.25) is 5.91 Å². The fourth-order valence-corrected chi connectivity index (χ4v) is 5.44. The molecule has 3 aliphatic rings. The molecule has 1 aliphatic carbocycles. The van der Waals surface area contributed by atoms with Gasteiger partial charge in [-0.15, -0.1) is 0 Å². The highest BCUT2D eigenvalue weighted by molar-refractivity contribution is 5.94. The predicted octanol–water partition coefficient (Wildman–Crippen LogP) is 3.36. The standard InChI is InChI=1S/C24H34N4O4/c29-23(25-20-4-2-1-3-5-20)18-10-14-26(15-11-18)21-12-16-27(17-13-21)24(30)19-6-8-22(9-7-19)28(31)32/h6-9,18,20-21H,1-5,10-17H2,(H,25,29). The number of carbonyl (C=O) groups excluding carboxylic acids is 2. The smallest absolute Gasteiger partial charge is 0.269 e. The third-order valence-electron chi connectivity index (χ3n) is 7.45. The molecule has 1 aromatic rings. The van der Waals surface area contributed by atoms with Gasteiger partial charge in [-0.05, 0) is 63.7 Å². The quantitative estimate of drug-likeness (QED) is 0.557. The molecule has 2 heterocycles. The Balaban J connectivity index is 1.20. The summed E-state index contributed by atoms with van der Waals surface area (Å²) in [7, 11) is 0. The Bertz CT molecular complexity index is 806. The van der Waals surface area contributed by atoms with Crippen LogP contribution in [0.3, 0.4) is 0 Å². The number of hydrogen-bond donors (Lipinski definition) is 1. The highest BCUT2D eigenvalue weighted by Gasteiger charge is 2.32. The minimum atomic E-state index is -0.456. The van der Waals surface area contributed by atoms with E-state index >= 15 is 0 Å². The van der Waals surface area contributed by atoms with Gasteiger partial charge < -0.3 is 15.1 Å². The van der Waals surface area contributed by atoms with Crippen LogP contribution in [0.1, 0.15) is 68.1 Å². The Hall–Kier alpha value is -2.48. The molecule has 8 heteroatoms. The average molecular weight is 443 g/mol. The summed E-state index contributed by atoms with van der Waals surface area (Å²) in [5.74, 6) is 0.327. The molecule has 1 N–H and O–H groups in total. The van der Waals surface area contributed by atoms with Crippen LogP contribution in [0, 0.1) is 16.0 Å². The van der Waals surface area contributed by atoms with E-state index in [1.807, 2.05) is 4.90 Å². The lowest BCUT2D eigenvalue weighted by molar-refractivity contribution is -0.384. The van der Waals surface area contributed by atoms with Crippen molar-refractivity contribution in [1.29, 1.82) is 0 Å². The zero-order valence-electron chi connectivity index (χ0n) is 18.7. The fourth-order valence-electron chi connectivity index (χ4n) is 5.44. The highest BCUT2D eigenvalue weighted by atomic mass is 16.6. The second-order valence-corrected chi connectivity index (χ2v) is 9.48. The lowest BCUT2D eigenvalue weighted by Crippen LogP contribution is -2.50. The Morgan fingerprint density at radius 2 is 1.50 bits per heavy atom. The van der Waals surface area contributed by atoms with Gasteiger partial charge in [0.15, 0.2) is 0 Å². The molecular weight excluding hydrogens is 408 g/mol. The Labute approximate surface area is 189 Å². The number of nitro groups is 1. The van der Waals surface area contributed by atoms with E-state index in [1.54, 1.807) is 0 Å². The summed E-state index contributed by atoms with van der Waals surface area (Å²) in [5, 5.41) is 14.1. The van der Waals surface area contributed by atoms with Crippen molar-refractivity contribution in [3.05, 3.63) is 39.9 Å². The summed E-state index contributed by atoms with van der Waals surface area (Å²) in [6.07, 6.45) is 9.70. The molecule has 1 saturated carbocycles. The first-order valence-electron chi connectivity index (χ1n) is 12.1. The average Bonchev–Trinajstić information content (AvgIpc) is 2.84. The van der Waals surface area contributed by atoms with E-state index in [0.717, 1.165) is 51.6 Å². The van der Waals surface area contributed by atoms with Crippen molar-refractivity contribution in [1.82, 2.24) is 15.1 Å². The highest BCUT2D eigenvalue weighted by Crippen LogP contribution is 2.26. The first-order chi connectivity index (χ1) is 15.5. The van der Waals surface area contributed by atoms with Crippen molar-refractivity contribution in [2.24, 2.45) is 5.92 Å². The second kappa shape index (κ2) is 10.4. The van der Waals surface area contributed by atoms with Crippen LogP contribution in [-0.4, -0.2) is 64.8 Å². The van der Waals surface area contributed by atoms with Crippen LogP contribution in [0.2, 0.25) is 0 Å².